The fourth-order valence-electron chi connectivity index (χ4n) is 1.55. The van der Waals surface area contributed by atoms with Crippen molar-refractivity contribution in [3.63, 3.8) is 0 Å². The molecule has 1 N–H and O–H groups in total. The maximum atomic E-state index is 5.83. The fourth-order valence-corrected chi connectivity index (χ4v) is 2.59. The van der Waals surface area contributed by atoms with Gasteiger partial charge < -0.3 is 10.2 Å². The number of hydrogen-bond acceptors (Lipinski definition) is 4. The van der Waals surface area contributed by atoms with E-state index in [-0.39, 0.29) is 0 Å². The highest BCUT2D eigenvalue weighted by Crippen LogP contribution is 2.26. The summed E-state index contributed by atoms with van der Waals surface area (Å²) in [4.78, 5) is 6.67. The molecule has 1 aromatic heterocycles. The Labute approximate surface area is 93.1 Å². The molecular weight excluding hydrogens is 218 g/mol. The molecule has 2 rings (SSSR count). The van der Waals surface area contributed by atoms with Crippen molar-refractivity contribution in [1.29, 1.82) is 0 Å². The molecule has 0 unspecified atom stereocenters. The molecule has 0 atom stereocenters. The van der Waals surface area contributed by atoms with E-state index in [0.717, 1.165) is 31.2 Å². The van der Waals surface area contributed by atoms with Crippen LogP contribution in [-0.4, -0.2) is 30.7 Å². The van der Waals surface area contributed by atoms with Crippen molar-refractivity contribution in [2.24, 2.45) is 0 Å². The summed E-state index contributed by atoms with van der Waals surface area (Å²) in [5.74, 6) is 0. The van der Waals surface area contributed by atoms with Crippen LogP contribution in [0.25, 0.3) is 0 Å². The average Bonchev–Trinajstić information content (AvgIpc) is 2.48. The molecule has 0 saturated carbocycles. The van der Waals surface area contributed by atoms with E-state index in [0.29, 0.717) is 11.2 Å². The molecule has 78 valence electrons. The molecule has 0 radical (unpaired) electrons. The van der Waals surface area contributed by atoms with Crippen LogP contribution < -0.4 is 10.2 Å². The summed E-state index contributed by atoms with van der Waals surface area (Å²) in [6, 6.07) is 0.608. The lowest BCUT2D eigenvalue weighted by Crippen LogP contribution is -2.57. The molecule has 1 aliphatic heterocycles. The molecular formula is C9H14ClN3S. The molecule has 1 fully saturated rings. The molecule has 1 aromatic rings. The minimum atomic E-state index is 0.608. The zero-order chi connectivity index (χ0) is 9.97. The van der Waals surface area contributed by atoms with Crippen molar-refractivity contribution in [3.8, 4) is 0 Å². The number of rotatable bonds is 4. The van der Waals surface area contributed by atoms with E-state index < -0.39 is 0 Å². The Bertz CT molecular complexity index is 298. The van der Waals surface area contributed by atoms with E-state index in [9.17, 15) is 0 Å². The second-order valence-electron chi connectivity index (χ2n) is 3.46. The normalized spacial score (nSPS) is 16.7. The van der Waals surface area contributed by atoms with Gasteiger partial charge in [0, 0.05) is 25.0 Å². The smallest absolute Gasteiger partial charge is 0.187 e. The number of aromatic nitrogens is 1. The van der Waals surface area contributed by atoms with Gasteiger partial charge in [-0.3, -0.25) is 0 Å². The lowest BCUT2D eigenvalue weighted by molar-refractivity contribution is 0.412. The van der Waals surface area contributed by atoms with Gasteiger partial charge in [-0.25, -0.2) is 4.98 Å². The Morgan fingerprint density at radius 2 is 2.50 bits per heavy atom. The summed E-state index contributed by atoms with van der Waals surface area (Å²) in [5, 5.41) is 6.84. The Kier molecular flexibility index (Phi) is 3.26. The van der Waals surface area contributed by atoms with Gasteiger partial charge in [-0.05, 0) is 6.42 Å². The molecule has 14 heavy (non-hydrogen) atoms. The second kappa shape index (κ2) is 4.47. The Hall–Kier alpha value is -0.320. The van der Waals surface area contributed by atoms with Crippen molar-refractivity contribution in [2.45, 2.75) is 19.4 Å². The van der Waals surface area contributed by atoms with Crippen LogP contribution in [0.4, 0.5) is 5.13 Å². The van der Waals surface area contributed by atoms with E-state index in [1.54, 1.807) is 11.3 Å². The van der Waals surface area contributed by atoms with Crippen LogP contribution in [0.3, 0.4) is 0 Å². The lowest BCUT2D eigenvalue weighted by Gasteiger charge is -2.38. The Balaban J connectivity index is 2.09. The zero-order valence-corrected chi connectivity index (χ0v) is 9.74. The molecule has 0 bridgehead atoms. The van der Waals surface area contributed by atoms with Crippen molar-refractivity contribution >= 4 is 28.1 Å². The predicted molar refractivity (Wildman–Crippen MR) is 61.4 cm³/mol. The van der Waals surface area contributed by atoms with Gasteiger partial charge in [0.1, 0.15) is 5.15 Å². The van der Waals surface area contributed by atoms with Crippen LogP contribution in [0.15, 0.2) is 5.38 Å². The standard InChI is InChI=1S/C9H14ClN3S/c1-2-3-13(7-4-11-5-7)9-12-8(10)6-14-9/h6-7,11H,2-5H2,1H3. The molecule has 0 spiro atoms. The van der Waals surface area contributed by atoms with Gasteiger partial charge in [0.15, 0.2) is 5.13 Å². The maximum absolute atomic E-state index is 5.83. The fraction of sp³-hybridized carbons (Fsp3) is 0.667. The highest BCUT2D eigenvalue weighted by atomic mass is 35.5. The number of hydrogen-bond donors (Lipinski definition) is 1. The van der Waals surface area contributed by atoms with Crippen LogP contribution in [0.2, 0.25) is 5.15 Å². The third-order valence-corrected chi connectivity index (χ3v) is 3.58. The summed E-state index contributed by atoms with van der Waals surface area (Å²) in [6.07, 6.45) is 1.15. The average molecular weight is 232 g/mol. The largest absolute Gasteiger partial charge is 0.343 e. The summed E-state index contributed by atoms with van der Waals surface area (Å²) in [5.41, 5.74) is 0. The van der Waals surface area contributed by atoms with Crippen molar-refractivity contribution in [2.75, 3.05) is 24.5 Å². The van der Waals surface area contributed by atoms with Gasteiger partial charge in [0.25, 0.3) is 0 Å². The molecule has 1 aliphatic rings. The molecule has 3 nitrogen and oxygen atoms in total. The third-order valence-electron chi connectivity index (χ3n) is 2.37. The Morgan fingerprint density at radius 3 is 2.93 bits per heavy atom. The summed E-state index contributed by atoms with van der Waals surface area (Å²) >= 11 is 7.46. The topological polar surface area (TPSA) is 28.2 Å². The van der Waals surface area contributed by atoms with E-state index in [2.05, 4.69) is 22.1 Å². The highest BCUT2D eigenvalue weighted by molar-refractivity contribution is 7.14. The number of halogens is 1. The van der Waals surface area contributed by atoms with Crippen LogP contribution in [0.5, 0.6) is 0 Å². The third kappa shape index (κ3) is 2.02. The molecule has 0 amide bonds. The van der Waals surface area contributed by atoms with Crippen LogP contribution in [0.1, 0.15) is 13.3 Å². The Morgan fingerprint density at radius 1 is 1.71 bits per heavy atom. The lowest BCUT2D eigenvalue weighted by atomic mass is 10.1. The molecule has 0 aromatic carbocycles. The number of anilines is 1. The van der Waals surface area contributed by atoms with Gasteiger partial charge >= 0.3 is 0 Å². The first-order valence-electron chi connectivity index (χ1n) is 4.89. The predicted octanol–water partition coefficient (Wildman–Crippen LogP) is 1.98. The van der Waals surface area contributed by atoms with Gasteiger partial charge in [-0.1, -0.05) is 18.5 Å². The van der Waals surface area contributed by atoms with Gasteiger partial charge in [0.05, 0.1) is 6.04 Å². The molecule has 0 aliphatic carbocycles. The number of nitrogens with zero attached hydrogens (tertiary/aromatic N) is 2. The number of thiazole rings is 1. The van der Waals surface area contributed by atoms with Gasteiger partial charge in [-0.2, -0.15) is 0 Å². The molecule has 5 heteroatoms. The van der Waals surface area contributed by atoms with Gasteiger partial charge in [-0.15, -0.1) is 11.3 Å². The van der Waals surface area contributed by atoms with Crippen LogP contribution >= 0.6 is 22.9 Å². The van der Waals surface area contributed by atoms with Crippen molar-refractivity contribution in [1.82, 2.24) is 10.3 Å². The quantitative estimate of drug-likeness (QED) is 0.859. The highest BCUT2D eigenvalue weighted by Gasteiger charge is 2.25. The first kappa shape index (κ1) is 10.2. The first-order chi connectivity index (χ1) is 6.81. The summed E-state index contributed by atoms with van der Waals surface area (Å²) < 4.78 is 0. The summed E-state index contributed by atoms with van der Waals surface area (Å²) in [7, 11) is 0. The first-order valence-corrected chi connectivity index (χ1v) is 6.15. The van der Waals surface area contributed by atoms with E-state index >= 15 is 0 Å². The maximum Gasteiger partial charge on any atom is 0.187 e. The van der Waals surface area contributed by atoms with Crippen LogP contribution in [-0.2, 0) is 0 Å². The SMILES string of the molecule is CCCN(c1nc(Cl)cs1)C1CNC1. The molecule has 1 saturated heterocycles. The monoisotopic (exact) mass is 231 g/mol. The number of nitrogens with one attached hydrogen (secondary N) is 1. The van der Waals surface area contributed by atoms with E-state index in [1.165, 1.54) is 0 Å². The molecule has 2 heterocycles. The second-order valence-corrected chi connectivity index (χ2v) is 4.68. The van der Waals surface area contributed by atoms with Crippen molar-refractivity contribution < 1.29 is 0 Å². The minimum Gasteiger partial charge on any atom is -0.343 e. The summed E-state index contributed by atoms with van der Waals surface area (Å²) in [6.45, 7) is 5.39. The van der Waals surface area contributed by atoms with E-state index in [1.807, 2.05) is 5.38 Å². The van der Waals surface area contributed by atoms with Gasteiger partial charge in [0.2, 0.25) is 0 Å². The van der Waals surface area contributed by atoms with E-state index in [4.69, 9.17) is 11.6 Å². The van der Waals surface area contributed by atoms with Crippen molar-refractivity contribution in [3.05, 3.63) is 10.5 Å². The zero-order valence-electron chi connectivity index (χ0n) is 8.16. The minimum absolute atomic E-state index is 0.608. The van der Waals surface area contributed by atoms with Crippen LogP contribution in [0, 0.1) is 0 Å².